The lowest BCUT2D eigenvalue weighted by molar-refractivity contribution is 0.405. The molecule has 0 bridgehead atoms. The van der Waals surface area contributed by atoms with Gasteiger partial charge in [-0.05, 0) is 67.6 Å². The van der Waals surface area contributed by atoms with Crippen LogP contribution >= 0.6 is 11.9 Å². The zero-order valence-electron chi connectivity index (χ0n) is 12.6. The van der Waals surface area contributed by atoms with Crippen LogP contribution in [0.5, 0.6) is 0 Å². The van der Waals surface area contributed by atoms with Gasteiger partial charge in [-0.3, -0.25) is 0 Å². The number of aryl methyl sites for hydroxylation is 1. The van der Waals surface area contributed by atoms with E-state index in [1.807, 2.05) is 0 Å². The Morgan fingerprint density at radius 1 is 1.18 bits per heavy atom. The molecule has 4 rings (SSSR count). The lowest BCUT2D eigenvalue weighted by atomic mass is 9.85. The average Bonchev–Trinajstić information content (AvgIpc) is 2.85. The minimum atomic E-state index is 0.644. The van der Waals surface area contributed by atoms with Gasteiger partial charge in [0, 0.05) is 16.5 Å². The molecule has 1 aliphatic rings. The quantitative estimate of drug-likeness (QED) is 0.646. The number of aromatic nitrogens is 2. The number of benzene rings is 2. The van der Waals surface area contributed by atoms with E-state index in [2.05, 4.69) is 59.1 Å². The van der Waals surface area contributed by atoms with Gasteiger partial charge in [0.25, 0.3) is 0 Å². The SMILES string of the molecule is Cc1cccc(SNc2ccc3nc(C4CCC4)[nH]c3c2)c1. The molecular formula is C18H19N3S. The number of hydrogen-bond acceptors (Lipinski definition) is 3. The Bertz CT molecular complexity index is 805. The molecule has 3 nitrogen and oxygen atoms in total. The minimum Gasteiger partial charge on any atom is -0.342 e. The summed E-state index contributed by atoms with van der Waals surface area (Å²) in [5, 5.41) is 0. The van der Waals surface area contributed by atoms with Crippen molar-refractivity contribution >= 4 is 28.7 Å². The average molecular weight is 309 g/mol. The molecule has 0 spiro atoms. The van der Waals surface area contributed by atoms with E-state index in [9.17, 15) is 0 Å². The van der Waals surface area contributed by atoms with E-state index in [1.165, 1.54) is 29.7 Å². The molecule has 0 atom stereocenters. The van der Waals surface area contributed by atoms with Gasteiger partial charge in [-0.15, -0.1) is 0 Å². The second kappa shape index (κ2) is 5.69. The van der Waals surface area contributed by atoms with Gasteiger partial charge in [0.1, 0.15) is 5.82 Å². The number of anilines is 1. The van der Waals surface area contributed by atoms with E-state index < -0.39 is 0 Å². The molecule has 3 aromatic rings. The van der Waals surface area contributed by atoms with Crippen LogP contribution in [0.4, 0.5) is 5.69 Å². The molecular weight excluding hydrogens is 290 g/mol. The lowest BCUT2D eigenvalue weighted by Crippen LogP contribution is -2.10. The van der Waals surface area contributed by atoms with Crippen LogP contribution in [0.1, 0.15) is 36.6 Å². The Morgan fingerprint density at radius 3 is 2.86 bits per heavy atom. The largest absolute Gasteiger partial charge is 0.342 e. The lowest BCUT2D eigenvalue weighted by Gasteiger charge is -2.22. The van der Waals surface area contributed by atoms with Gasteiger partial charge in [0.2, 0.25) is 0 Å². The molecule has 2 N–H and O–H groups in total. The molecule has 1 heterocycles. The summed E-state index contributed by atoms with van der Waals surface area (Å²) in [4.78, 5) is 9.42. The van der Waals surface area contributed by atoms with E-state index in [-0.39, 0.29) is 0 Å². The summed E-state index contributed by atoms with van der Waals surface area (Å²) in [6, 6.07) is 14.8. The molecule has 1 saturated carbocycles. The van der Waals surface area contributed by atoms with Gasteiger partial charge in [0.05, 0.1) is 11.0 Å². The minimum absolute atomic E-state index is 0.644. The Morgan fingerprint density at radius 2 is 2.09 bits per heavy atom. The Labute approximate surface area is 134 Å². The summed E-state index contributed by atoms with van der Waals surface area (Å²) in [5.41, 5.74) is 4.56. The van der Waals surface area contributed by atoms with Crippen molar-refractivity contribution in [3.8, 4) is 0 Å². The predicted octanol–water partition coefficient (Wildman–Crippen LogP) is 5.26. The van der Waals surface area contributed by atoms with Crippen molar-refractivity contribution in [3.63, 3.8) is 0 Å². The van der Waals surface area contributed by atoms with Crippen molar-refractivity contribution in [3.05, 3.63) is 53.9 Å². The van der Waals surface area contributed by atoms with E-state index >= 15 is 0 Å². The van der Waals surface area contributed by atoms with Crippen LogP contribution < -0.4 is 4.72 Å². The molecule has 0 radical (unpaired) electrons. The maximum Gasteiger partial charge on any atom is 0.110 e. The highest BCUT2D eigenvalue weighted by atomic mass is 32.2. The summed E-state index contributed by atoms with van der Waals surface area (Å²) in [6.45, 7) is 2.11. The number of H-pyrrole nitrogens is 1. The topological polar surface area (TPSA) is 40.7 Å². The first-order chi connectivity index (χ1) is 10.8. The van der Waals surface area contributed by atoms with Crippen LogP contribution in [-0.4, -0.2) is 9.97 Å². The van der Waals surface area contributed by atoms with Crippen molar-refractivity contribution < 1.29 is 0 Å². The first-order valence-corrected chi connectivity index (χ1v) is 8.59. The van der Waals surface area contributed by atoms with Crippen LogP contribution in [-0.2, 0) is 0 Å². The van der Waals surface area contributed by atoms with Crippen LogP contribution in [0.3, 0.4) is 0 Å². The molecule has 1 fully saturated rings. The van der Waals surface area contributed by atoms with Crippen LogP contribution in [0.15, 0.2) is 47.4 Å². The Hall–Kier alpha value is -1.94. The zero-order chi connectivity index (χ0) is 14.9. The summed E-state index contributed by atoms with van der Waals surface area (Å²) >= 11 is 1.64. The molecule has 1 aromatic heterocycles. The molecule has 0 saturated heterocycles. The molecule has 0 amide bonds. The summed E-state index contributed by atoms with van der Waals surface area (Å²) in [5.74, 6) is 1.80. The zero-order valence-corrected chi connectivity index (χ0v) is 13.4. The van der Waals surface area contributed by atoms with Gasteiger partial charge in [0.15, 0.2) is 0 Å². The fourth-order valence-electron chi connectivity index (χ4n) is 2.76. The maximum atomic E-state index is 4.72. The van der Waals surface area contributed by atoms with Gasteiger partial charge in [-0.1, -0.05) is 18.6 Å². The van der Waals surface area contributed by atoms with Gasteiger partial charge < -0.3 is 9.71 Å². The molecule has 4 heteroatoms. The normalized spacial score (nSPS) is 15.0. The van der Waals surface area contributed by atoms with Crippen molar-refractivity contribution in [2.45, 2.75) is 37.0 Å². The van der Waals surface area contributed by atoms with Crippen molar-refractivity contribution in [1.82, 2.24) is 9.97 Å². The van der Waals surface area contributed by atoms with Crippen LogP contribution in [0.2, 0.25) is 0 Å². The van der Waals surface area contributed by atoms with Gasteiger partial charge in [-0.2, -0.15) is 0 Å². The Balaban J connectivity index is 1.52. The van der Waals surface area contributed by atoms with E-state index in [0.29, 0.717) is 5.92 Å². The van der Waals surface area contributed by atoms with Crippen molar-refractivity contribution in [2.24, 2.45) is 0 Å². The van der Waals surface area contributed by atoms with E-state index in [4.69, 9.17) is 4.98 Å². The van der Waals surface area contributed by atoms with Gasteiger partial charge in [-0.25, -0.2) is 4.98 Å². The van der Waals surface area contributed by atoms with Crippen molar-refractivity contribution in [2.75, 3.05) is 4.72 Å². The maximum absolute atomic E-state index is 4.72. The van der Waals surface area contributed by atoms with Gasteiger partial charge >= 0.3 is 0 Å². The number of nitrogens with zero attached hydrogens (tertiary/aromatic N) is 1. The highest BCUT2D eigenvalue weighted by Gasteiger charge is 2.22. The second-order valence-corrected chi connectivity index (χ2v) is 6.88. The smallest absolute Gasteiger partial charge is 0.110 e. The third kappa shape index (κ3) is 2.71. The van der Waals surface area contributed by atoms with Crippen LogP contribution in [0.25, 0.3) is 11.0 Å². The number of imidazole rings is 1. The fourth-order valence-corrected chi connectivity index (χ4v) is 3.52. The van der Waals surface area contributed by atoms with E-state index in [1.54, 1.807) is 11.9 Å². The third-order valence-corrected chi connectivity index (χ3v) is 5.10. The highest BCUT2D eigenvalue weighted by Crippen LogP contribution is 2.35. The third-order valence-electron chi connectivity index (χ3n) is 4.27. The first-order valence-electron chi connectivity index (χ1n) is 7.77. The summed E-state index contributed by atoms with van der Waals surface area (Å²) < 4.78 is 3.42. The Kier molecular flexibility index (Phi) is 3.54. The molecule has 1 aliphatic carbocycles. The monoisotopic (exact) mass is 309 g/mol. The molecule has 2 aromatic carbocycles. The number of rotatable bonds is 4. The van der Waals surface area contributed by atoms with Crippen molar-refractivity contribution in [1.29, 1.82) is 0 Å². The number of aromatic amines is 1. The molecule has 0 aliphatic heterocycles. The standard InChI is InChI=1S/C18H19N3S/c1-12-4-2-7-15(10-12)22-21-14-8-9-16-17(11-14)20-18(19-16)13-5-3-6-13/h2,4,7-11,13,21H,3,5-6H2,1H3,(H,19,20). The fraction of sp³-hybridized carbons (Fsp3) is 0.278. The molecule has 22 heavy (non-hydrogen) atoms. The van der Waals surface area contributed by atoms with Crippen LogP contribution in [0, 0.1) is 6.92 Å². The first kappa shape index (κ1) is 13.7. The highest BCUT2D eigenvalue weighted by molar-refractivity contribution is 8.00. The predicted molar refractivity (Wildman–Crippen MR) is 93.3 cm³/mol. The summed E-state index contributed by atoms with van der Waals surface area (Å²) in [7, 11) is 0. The van der Waals surface area contributed by atoms with E-state index in [0.717, 1.165) is 22.5 Å². The summed E-state index contributed by atoms with van der Waals surface area (Å²) in [6.07, 6.45) is 3.88. The second-order valence-electron chi connectivity index (χ2n) is 6.00. The molecule has 0 unspecified atom stereocenters. The number of fused-ring (bicyclic) bond motifs is 1. The number of nitrogens with one attached hydrogen (secondary N) is 2. The molecule has 112 valence electrons. The number of hydrogen-bond donors (Lipinski definition) is 2.